The van der Waals surface area contributed by atoms with Gasteiger partial charge in [0, 0.05) is 27.4 Å². The van der Waals surface area contributed by atoms with Crippen LogP contribution in [0.15, 0.2) is 30.3 Å². The molecule has 0 aromatic heterocycles. The minimum absolute atomic E-state index is 0.652. The third-order valence-corrected chi connectivity index (χ3v) is 7.37. The molecule has 5 nitrogen and oxygen atoms in total. The predicted octanol–water partition coefficient (Wildman–Crippen LogP) is 5.39. The summed E-state index contributed by atoms with van der Waals surface area (Å²) in [6.07, 6.45) is 11.0. The Bertz CT molecular complexity index is 417. The van der Waals surface area contributed by atoms with Gasteiger partial charge in [0.2, 0.25) is 0 Å². The molecule has 0 atom stereocenters. The van der Waals surface area contributed by atoms with Crippen LogP contribution in [0.2, 0.25) is 6.04 Å². The van der Waals surface area contributed by atoms with E-state index >= 15 is 0 Å². The van der Waals surface area contributed by atoms with Crippen molar-refractivity contribution in [2.45, 2.75) is 63.8 Å². The van der Waals surface area contributed by atoms with Crippen LogP contribution in [0.1, 0.15) is 57.8 Å². The van der Waals surface area contributed by atoms with Gasteiger partial charge in [-0.15, -0.1) is 0 Å². The number of rotatable bonds is 17. The number of unbranched alkanes of at least 4 members (excludes halogenated alkanes) is 8. The van der Waals surface area contributed by atoms with Gasteiger partial charge < -0.3 is 18.2 Å². The fraction of sp³-hybridized carbons (Fsp3) is 0.700. The molecular formula is C20H36O5Si. The van der Waals surface area contributed by atoms with Gasteiger partial charge in [0.05, 0.1) is 6.61 Å². The maximum Gasteiger partial charge on any atom is 0.500 e. The smallest absolute Gasteiger partial charge is 0.377 e. The Morgan fingerprint density at radius 3 is 1.69 bits per heavy atom. The van der Waals surface area contributed by atoms with Crippen LogP contribution < -0.4 is 4.89 Å². The normalized spacial score (nSPS) is 11.7. The minimum Gasteiger partial charge on any atom is -0.377 e. The van der Waals surface area contributed by atoms with Crippen LogP contribution in [-0.4, -0.2) is 36.7 Å². The molecule has 0 heterocycles. The number of hydrogen-bond donors (Lipinski definition) is 0. The lowest BCUT2D eigenvalue weighted by molar-refractivity contribution is -0.207. The predicted molar refractivity (Wildman–Crippen MR) is 106 cm³/mol. The Morgan fingerprint density at radius 2 is 1.15 bits per heavy atom. The molecule has 0 saturated carbocycles. The molecule has 0 fully saturated rings. The van der Waals surface area contributed by atoms with Crippen molar-refractivity contribution in [3.05, 3.63) is 30.3 Å². The molecule has 1 rings (SSSR count). The highest BCUT2D eigenvalue weighted by molar-refractivity contribution is 6.60. The van der Waals surface area contributed by atoms with Gasteiger partial charge in [-0.2, -0.15) is 4.89 Å². The molecule has 0 unspecified atom stereocenters. The van der Waals surface area contributed by atoms with Gasteiger partial charge in [-0.25, -0.2) is 0 Å². The van der Waals surface area contributed by atoms with Gasteiger partial charge in [-0.05, 0) is 25.0 Å². The molecule has 0 bridgehead atoms. The van der Waals surface area contributed by atoms with E-state index in [1.165, 1.54) is 44.9 Å². The highest BCUT2D eigenvalue weighted by Crippen LogP contribution is 2.18. The number of hydrogen-bond acceptors (Lipinski definition) is 5. The summed E-state index contributed by atoms with van der Waals surface area (Å²) in [6.45, 7) is 0.652. The Labute approximate surface area is 160 Å². The first kappa shape index (κ1) is 23.1. The van der Waals surface area contributed by atoms with Gasteiger partial charge in [-0.1, -0.05) is 63.1 Å². The van der Waals surface area contributed by atoms with E-state index in [4.69, 9.17) is 23.1 Å². The van der Waals surface area contributed by atoms with Gasteiger partial charge in [0.25, 0.3) is 0 Å². The highest BCUT2D eigenvalue weighted by atomic mass is 28.4. The molecule has 1 aromatic rings. The summed E-state index contributed by atoms with van der Waals surface area (Å²) in [5.74, 6) is 0.758. The lowest BCUT2D eigenvalue weighted by atomic mass is 10.1. The summed E-state index contributed by atoms with van der Waals surface area (Å²) >= 11 is 0. The second-order valence-corrected chi connectivity index (χ2v) is 9.54. The minimum atomic E-state index is -2.36. The number of benzene rings is 1. The molecule has 26 heavy (non-hydrogen) atoms. The highest BCUT2D eigenvalue weighted by Gasteiger charge is 2.36. The Balaban J connectivity index is 1.83. The van der Waals surface area contributed by atoms with E-state index in [9.17, 15) is 0 Å². The molecule has 0 amide bonds. The summed E-state index contributed by atoms with van der Waals surface area (Å²) in [4.78, 5) is 10.4. The zero-order chi connectivity index (χ0) is 18.9. The Hall–Kier alpha value is -0.923. The van der Waals surface area contributed by atoms with Gasteiger partial charge in [0.15, 0.2) is 5.75 Å². The third kappa shape index (κ3) is 10.3. The molecule has 0 N–H and O–H groups in total. The lowest BCUT2D eigenvalue weighted by Gasteiger charge is -2.24. The zero-order valence-corrected chi connectivity index (χ0v) is 17.7. The lowest BCUT2D eigenvalue weighted by Crippen LogP contribution is -2.42. The monoisotopic (exact) mass is 384 g/mol. The maximum atomic E-state index is 5.44. The van der Waals surface area contributed by atoms with Crippen LogP contribution in [0.5, 0.6) is 5.75 Å². The van der Waals surface area contributed by atoms with E-state index in [0.29, 0.717) is 6.61 Å². The summed E-state index contributed by atoms with van der Waals surface area (Å²) in [7, 11) is 2.68. The molecule has 0 radical (unpaired) electrons. The molecule has 0 spiro atoms. The Morgan fingerprint density at radius 1 is 0.654 bits per heavy atom. The maximum absolute atomic E-state index is 5.44. The summed E-state index contributed by atoms with van der Waals surface area (Å²) in [6, 6.07) is 10.5. The second kappa shape index (κ2) is 15.2. The SMILES string of the molecule is CO[Si](CCCCCCCCCCCOOc1ccccc1)(OC)OC. The molecule has 6 heteroatoms. The van der Waals surface area contributed by atoms with Crippen LogP contribution in [0.3, 0.4) is 0 Å². The van der Waals surface area contributed by atoms with Gasteiger partial charge >= 0.3 is 8.80 Å². The van der Waals surface area contributed by atoms with Crippen LogP contribution >= 0.6 is 0 Å². The van der Waals surface area contributed by atoms with Crippen molar-refractivity contribution in [1.29, 1.82) is 0 Å². The zero-order valence-electron chi connectivity index (χ0n) is 16.7. The molecule has 0 saturated heterocycles. The quantitative estimate of drug-likeness (QED) is 0.156. The van der Waals surface area contributed by atoms with E-state index < -0.39 is 8.80 Å². The van der Waals surface area contributed by atoms with E-state index in [1.807, 2.05) is 30.3 Å². The first-order chi connectivity index (χ1) is 12.8. The van der Waals surface area contributed by atoms with Gasteiger partial charge in [0.1, 0.15) is 0 Å². The van der Waals surface area contributed by atoms with Crippen LogP contribution in [0.4, 0.5) is 0 Å². The van der Waals surface area contributed by atoms with E-state index in [1.54, 1.807) is 21.3 Å². The second-order valence-electron chi connectivity index (χ2n) is 6.45. The fourth-order valence-electron chi connectivity index (χ4n) is 2.88. The Kier molecular flexibility index (Phi) is 13.5. The molecule has 1 aromatic carbocycles. The first-order valence-corrected chi connectivity index (χ1v) is 11.7. The molecule has 150 valence electrons. The fourth-order valence-corrected chi connectivity index (χ4v) is 4.68. The van der Waals surface area contributed by atoms with E-state index in [2.05, 4.69) is 0 Å². The molecular weight excluding hydrogens is 348 g/mol. The van der Waals surface area contributed by atoms with Crippen molar-refractivity contribution in [2.75, 3.05) is 27.9 Å². The molecule has 0 aliphatic carbocycles. The van der Waals surface area contributed by atoms with Crippen LogP contribution in [0.25, 0.3) is 0 Å². The van der Waals surface area contributed by atoms with Gasteiger partial charge in [-0.3, -0.25) is 0 Å². The van der Waals surface area contributed by atoms with Crippen molar-refractivity contribution in [2.24, 2.45) is 0 Å². The average molecular weight is 385 g/mol. The van der Waals surface area contributed by atoms with Crippen molar-refractivity contribution in [1.82, 2.24) is 0 Å². The summed E-state index contributed by atoms with van der Waals surface area (Å²) < 4.78 is 16.3. The van der Waals surface area contributed by atoms with Crippen LogP contribution in [-0.2, 0) is 18.2 Å². The summed E-state index contributed by atoms with van der Waals surface area (Å²) in [5.41, 5.74) is 0. The van der Waals surface area contributed by atoms with E-state index in [-0.39, 0.29) is 0 Å². The third-order valence-electron chi connectivity index (χ3n) is 4.54. The van der Waals surface area contributed by atoms with Crippen LogP contribution in [0, 0.1) is 0 Å². The topological polar surface area (TPSA) is 46.2 Å². The molecule has 0 aliphatic heterocycles. The average Bonchev–Trinajstić information content (AvgIpc) is 2.70. The van der Waals surface area contributed by atoms with E-state index in [0.717, 1.165) is 24.6 Å². The largest absolute Gasteiger partial charge is 0.500 e. The van der Waals surface area contributed by atoms with Crippen molar-refractivity contribution in [3.63, 3.8) is 0 Å². The standard InChI is InChI=1S/C20H36O5Si/c1-21-26(22-2,23-3)19-15-10-8-6-4-5-7-9-14-18-24-25-20-16-12-11-13-17-20/h11-13,16-17H,4-10,14-15,18-19H2,1-3H3. The molecule has 0 aliphatic rings. The van der Waals surface area contributed by atoms with Crippen molar-refractivity contribution >= 4 is 8.80 Å². The number of para-hydroxylation sites is 1. The van der Waals surface area contributed by atoms with Crippen molar-refractivity contribution in [3.8, 4) is 5.75 Å². The van der Waals surface area contributed by atoms with Crippen molar-refractivity contribution < 1.29 is 23.1 Å². The summed E-state index contributed by atoms with van der Waals surface area (Å²) in [5, 5.41) is 0. The first-order valence-electron chi connectivity index (χ1n) is 9.76.